The summed E-state index contributed by atoms with van der Waals surface area (Å²) in [5.41, 5.74) is 0.570. The van der Waals surface area contributed by atoms with E-state index in [0.717, 1.165) is 0 Å². The summed E-state index contributed by atoms with van der Waals surface area (Å²) >= 11 is 0. The van der Waals surface area contributed by atoms with Gasteiger partial charge in [-0.2, -0.15) is 0 Å². The van der Waals surface area contributed by atoms with Crippen molar-refractivity contribution in [2.24, 2.45) is 5.14 Å². The first kappa shape index (κ1) is 22.3. The van der Waals surface area contributed by atoms with Crippen LogP contribution < -0.4 is 19.9 Å². The number of amides is 1. The van der Waals surface area contributed by atoms with Gasteiger partial charge < -0.3 is 10.1 Å². The molecular formula is C20H19N3O6S2. The Morgan fingerprint density at radius 3 is 1.90 bits per heavy atom. The van der Waals surface area contributed by atoms with Crippen molar-refractivity contribution in [2.45, 2.75) is 9.79 Å². The first-order chi connectivity index (χ1) is 14.6. The number of hydrogen-bond donors (Lipinski definition) is 3. The van der Waals surface area contributed by atoms with E-state index in [1.165, 1.54) is 48.5 Å². The number of ether oxygens (including phenoxy) is 1. The summed E-state index contributed by atoms with van der Waals surface area (Å²) in [7, 11) is -7.79. The SMILES string of the molecule is NS(=O)(=O)c1ccc(NS(=O)(=O)c2ccc(NC(=O)COc3ccccc3)cc2)cc1. The molecule has 162 valence electrons. The maximum Gasteiger partial charge on any atom is 0.262 e. The Morgan fingerprint density at radius 2 is 1.32 bits per heavy atom. The number of nitrogens with two attached hydrogens (primary N) is 1. The van der Waals surface area contributed by atoms with Crippen LogP contribution in [0.4, 0.5) is 11.4 Å². The lowest BCUT2D eigenvalue weighted by Gasteiger charge is -2.10. The summed E-state index contributed by atoms with van der Waals surface area (Å²) in [5, 5.41) is 7.63. The van der Waals surface area contributed by atoms with E-state index in [1.54, 1.807) is 24.3 Å². The van der Waals surface area contributed by atoms with Crippen molar-refractivity contribution in [1.82, 2.24) is 0 Å². The van der Waals surface area contributed by atoms with Gasteiger partial charge in [0.15, 0.2) is 6.61 Å². The van der Waals surface area contributed by atoms with E-state index in [-0.39, 0.29) is 22.1 Å². The van der Waals surface area contributed by atoms with Gasteiger partial charge in [0.2, 0.25) is 10.0 Å². The first-order valence-electron chi connectivity index (χ1n) is 8.87. The molecule has 0 heterocycles. The minimum atomic E-state index is -3.92. The molecule has 3 aromatic carbocycles. The number of para-hydroxylation sites is 1. The molecule has 0 unspecified atom stereocenters. The van der Waals surface area contributed by atoms with Gasteiger partial charge in [-0.25, -0.2) is 22.0 Å². The number of carbonyl (C=O) groups excluding carboxylic acids is 1. The van der Waals surface area contributed by atoms with Crippen molar-refractivity contribution >= 4 is 37.3 Å². The molecule has 0 aliphatic rings. The van der Waals surface area contributed by atoms with Crippen LogP contribution in [0.15, 0.2) is 88.7 Å². The Bertz CT molecular complexity index is 1260. The predicted octanol–water partition coefficient (Wildman–Crippen LogP) is 2.15. The molecule has 0 saturated carbocycles. The molecule has 0 aromatic heterocycles. The number of anilines is 2. The summed E-state index contributed by atoms with van der Waals surface area (Å²) < 4.78 is 55.3. The molecule has 3 rings (SSSR count). The quantitative estimate of drug-likeness (QED) is 0.469. The van der Waals surface area contributed by atoms with E-state index < -0.39 is 26.0 Å². The maximum atomic E-state index is 12.5. The van der Waals surface area contributed by atoms with Gasteiger partial charge >= 0.3 is 0 Å². The fourth-order valence-electron chi connectivity index (χ4n) is 2.51. The van der Waals surface area contributed by atoms with Crippen molar-refractivity contribution in [2.75, 3.05) is 16.6 Å². The summed E-state index contributed by atoms with van der Waals surface area (Å²) in [4.78, 5) is 11.8. The van der Waals surface area contributed by atoms with E-state index in [1.807, 2.05) is 6.07 Å². The van der Waals surface area contributed by atoms with Crippen LogP contribution in [0.3, 0.4) is 0 Å². The molecular weight excluding hydrogens is 442 g/mol. The monoisotopic (exact) mass is 461 g/mol. The lowest BCUT2D eigenvalue weighted by atomic mass is 10.3. The molecule has 0 atom stereocenters. The Hall–Kier alpha value is -3.41. The Morgan fingerprint density at radius 1 is 0.774 bits per heavy atom. The number of hydrogen-bond acceptors (Lipinski definition) is 6. The van der Waals surface area contributed by atoms with Crippen molar-refractivity contribution in [3.05, 3.63) is 78.9 Å². The molecule has 0 radical (unpaired) electrons. The van der Waals surface area contributed by atoms with Crippen molar-refractivity contribution < 1.29 is 26.4 Å². The van der Waals surface area contributed by atoms with Crippen LogP contribution in [0, 0.1) is 0 Å². The van der Waals surface area contributed by atoms with E-state index in [0.29, 0.717) is 11.4 Å². The van der Waals surface area contributed by atoms with E-state index in [2.05, 4.69) is 10.0 Å². The summed E-state index contributed by atoms with van der Waals surface area (Å²) in [6.45, 7) is -0.194. The molecule has 31 heavy (non-hydrogen) atoms. The molecule has 0 saturated heterocycles. The molecule has 4 N–H and O–H groups in total. The summed E-state index contributed by atoms with van der Waals surface area (Å²) in [6, 6.07) is 19.4. The van der Waals surface area contributed by atoms with Crippen molar-refractivity contribution in [1.29, 1.82) is 0 Å². The van der Waals surface area contributed by atoms with Gasteiger partial charge in [0.1, 0.15) is 5.75 Å². The van der Waals surface area contributed by atoms with Crippen LogP contribution in [-0.4, -0.2) is 29.3 Å². The number of nitrogens with one attached hydrogen (secondary N) is 2. The van der Waals surface area contributed by atoms with Crippen molar-refractivity contribution in [3.63, 3.8) is 0 Å². The smallest absolute Gasteiger partial charge is 0.262 e. The second-order valence-corrected chi connectivity index (χ2v) is 9.59. The van der Waals surface area contributed by atoms with Crippen LogP contribution in [0.2, 0.25) is 0 Å². The van der Waals surface area contributed by atoms with E-state index in [9.17, 15) is 21.6 Å². The van der Waals surface area contributed by atoms with E-state index >= 15 is 0 Å². The van der Waals surface area contributed by atoms with Crippen LogP contribution >= 0.6 is 0 Å². The van der Waals surface area contributed by atoms with Crippen LogP contribution in [0.25, 0.3) is 0 Å². The zero-order chi connectivity index (χ0) is 22.5. The van der Waals surface area contributed by atoms with Crippen molar-refractivity contribution in [3.8, 4) is 5.75 Å². The second kappa shape index (κ2) is 9.16. The molecule has 0 fully saturated rings. The number of sulfonamides is 2. The van der Waals surface area contributed by atoms with Crippen LogP contribution in [0.5, 0.6) is 5.75 Å². The Labute approximate surface area is 180 Å². The Kier molecular flexibility index (Phi) is 6.59. The maximum absolute atomic E-state index is 12.5. The Balaban J connectivity index is 1.61. The van der Waals surface area contributed by atoms with Crippen LogP contribution in [0.1, 0.15) is 0 Å². The third kappa shape index (κ3) is 6.28. The van der Waals surface area contributed by atoms with E-state index in [4.69, 9.17) is 9.88 Å². The fraction of sp³-hybridized carbons (Fsp3) is 0.0500. The zero-order valence-electron chi connectivity index (χ0n) is 16.1. The number of rotatable bonds is 8. The average molecular weight is 462 g/mol. The normalized spacial score (nSPS) is 11.5. The molecule has 3 aromatic rings. The molecule has 9 nitrogen and oxygen atoms in total. The predicted molar refractivity (Wildman–Crippen MR) is 116 cm³/mol. The number of benzene rings is 3. The molecule has 11 heteroatoms. The highest BCUT2D eigenvalue weighted by molar-refractivity contribution is 7.92. The average Bonchev–Trinajstić information content (AvgIpc) is 2.73. The zero-order valence-corrected chi connectivity index (χ0v) is 17.7. The molecule has 0 aliphatic heterocycles. The lowest BCUT2D eigenvalue weighted by molar-refractivity contribution is -0.118. The largest absolute Gasteiger partial charge is 0.484 e. The van der Waals surface area contributed by atoms with Gasteiger partial charge in [-0.05, 0) is 60.7 Å². The highest BCUT2D eigenvalue weighted by Gasteiger charge is 2.15. The number of primary sulfonamides is 1. The summed E-state index contributed by atoms with van der Waals surface area (Å²) in [6.07, 6.45) is 0. The standard InChI is InChI=1S/C20H19N3O6S2/c21-30(25,26)18-10-8-16(9-11-18)23-31(27,28)19-12-6-15(7-13-19)22-20(24)14-29-17-4-2-1-3-5-17/h1-13,23H,14H2,(H,22,24)(H2,21,25,26). The lowest BCUT2D eigenvalue weighted by Crippen LogP contribution is -2.20. The van der Waals surface area contributed by atoms with Gasteiger partial charge in [-0.3, -0.25) is 9.52 Å². The third-order valence-electron chi connectivity index (χ3n) is 4.00. The molecule has 1 amide bonds. The van der Waals surface area contributed by atoms with Gasteiger partial charge in [0.25, 0.3) is 15.9 Å². The molecule has 0 bridgehead atoms. The molecule has 0 spiro atoms. The minimum Gasteiger partial charge on any atom is -0.484 e. The number of carbonyl (C=O) groups is 1. The second-order valence-electron chi connectivity index (χ2n) is 6.35. The molecule has 0 aliphatic carbocycles. The van der Waals surface area contributed by atoms with Gasteiger partial charge in [-0.1, -0.05) is 18.2 Å². The minimum absolute atomic E-state index is 0.0402. The fourth-order valence-corrected chi connectivity index (χ4v) is 4.08. The summed E-state index contributed by atoms with van der Waals surface area (Å²) in [5.74, 6) is 0.162. The first-order valence-corrected chi connectivity index (χ1v) is 11.9. The highest BCUT2D eigenvalue weighted by atomic mass is 32.2. The van der Waals surface area contributed by atoms with Gasteiger partial charge in [0.05, 0.1) is 9.79 Å². The van der Waals surface area contributed by atoms with Gasteiger partial charge in [-0.15, -0.1) is 0 Å². The third-order valence-corrected chi connectivity index (χ3v) is 6.32. The van der Waals surface area contributed by atoms with Gasteiger partial charge in [0, 0.05) is 11.4 Å². The highest BCUT2D eigenvalue weighted by Crippen LogP contribution is 2.20. The topological polar surface area (TPSA) is 145 Å². The van der Waals surface area contributed by atoms with Crippen LogP contribution in [-0.2, 0) is 24.8 Å².